The molecule has 0 radical (unpaired) electrons. The predicted molar refractivity (Wildman–Crippen MR) is 111 cm³/mol. The van der Waals surface area contributed by atoms with Crippen LogP contribution in [-0.4, -0.2) is 44.9 Å². The van der Waals surface area contributed by atoms with Crippen LogP contribution >= 0.6 is 0 Å². The minimum atomic E-state index is -3.97. The van der Waals surface area contributed by atoms with E-state index < -0.39 is 15.6 Å². The largest absolute Gasteiger partial charge is 0.493 e. The smallest absolute Gasteiger partial charge is 0.243 e. The Morgan fingerprint density at radius 2 is 1.62 bits per heavy atom. The summed E-state index contributed by atoms with van der Waals surface area (Å²) in [6, 6.07) is 13.5. The Balaban J connectivity index is 2.41. The van der Waals surface area contributed by atoms with Gasteiger partial charge in [-0.25, -0.2) is 8.42 Å². The fraction of sp³-hybridized carbons (Fsp3) is 0.381. The van der Waals surface area contributed by atoms with Gasteiger partial charge in [0.25, 0.3) is 0 Å². The molecule has 8 heteroatoms. The van der Waals surface area contributed by atoms with Crippen molar-refractivity contribution < 1.29 is 22.7 Å². The van der Waals surface area contributed by atoms with Crippen molar-refractivity contribution in [1.29, 1.82) is 0 Å². The second kappa shape index (κ2) is 9.28. The molecule has 2 aromatic rings. The Labute approximate surface area is 172 Å². The molecule has 0 fully saturated rings. The average Bonchev–Trinajstić information content (AvgIpc) is 2.66. The number of hydrogen-bond acceptors (Lipinski definition) is 5. The standard InChI is InChI=1S/C21H28N2O5S/c1-21(2,3)22-20(24)15-23(14-16-9-7-6-8-10-16)29(25,26)17-11-12-18(27-4)19(13-17)28-5/h6-13H,14-15H2,1-5H3,(H,22,24). The van der Waals surface area contributed by atoms with Crippen LogP contribution in [0.3, 0.4) is 0 Å². The molecular weight excluding hydrogens is 392 g/mol. The number of carbonyl (C=O) groups excluding carboxylic acids is 1. The molecule has 29 heavy (non-hydrogen) atoms. The number of nitrogens with zero attached hydrogens (tertiary/aromatic N) is 1. The molecule has 0 aliphatic rings. The van der Waals surface area contributed by atoms with Gasteiger partial charge in [-0.3, -0.25) is 4.79 Å². The van der Waals surface area contributed by atoms with Gasteiger partial charge in [0, 0.05) is 18.2 Å². The van der Waals surface area contributed by atoms with E-state index >= 15 is 0 Å². The van der Waals surface area contributed by atoms with Gasteiger partial charge in [-0.2, -0.15) is 4.31 Å². The van der Waals surface area contributed by atoms with E-state index in [2.05, 4.69) is 5.32 Å². The fourth-order valence-electron chi connectivity index (χ4n) is 2.76. The lowest BCUT2D eigenvalue weighted by molar-refractivity contribution is -0.122. The highest BCUT2D eigenvalue weighted by atomic mass is 32.2. The Bertz CT molecular complexity index is 937. The molecule has 7 nitrogen and oxygen atoms in total. The third-order valence-electron chi connectivity index (χ3n) is 4.03. The highest BCUT2D eigenvalue weighted by Crippen LogP contribution is 2.31. The van der Waals surface area contributed by atoms with Gasteiger partial charge < -0.3 is 14.8 Å². The molecule has 0 heterocycles. The summed E-state index contributed by atoms with van der Waals surface area (Å²) >= 11 is 0. The number of amides is 1. The van der Waals surface area contributed by atoms with E-state index in [0.717, 1.165) is 9.87 Å². The number of benzene rings is 2. The molecule has 0 aromatic heterocycles. The number of methoxy groups -OCH3 is 2. The van der Waals surface area contributed by atoms with Crippen LogP contribution in [-0.2, 0) is 21.4 Å². The first-order valence-corrected chi connectivity index (χ1v) is 10.6. The second-order valence-electron chi connectivity index (χ2n) is 7.57. The van der Waals surface area contributed by atoms with E-state index in [4.69, 9.17) is 9.47 Å². The van der Waals surface area contributed by atoms with Gasteiger partial charge in [-0.1, -0.05) is 30.3 Å². The van der Waals surface area contributed by atoms with Crippen LogP contribution in [0.5, 0.6) is 11.5 Å². The first-order valence-electron chi connectivity index (χ1n) is 9.14. The molecule has 0 aliphatic heterocycles. The SMILES string of the molecule is COc1ccc(S(=O)(=O)N(CC(=O)NC(C)(C)C)Cc2ccccc2)cc1OC. The highest BCUT2D eigenvalue weighted by molar-refractivity contribution is 7.89. The zero-order valence-corrected chi connectivity index (χ0v) is 18.2. The third-order valence-corrected chi connectivity index (χ3v) is 5.82. The molecule has 0 saturated heterocycles. The maximum atomic E-state index is 13.4. The van der Waals surface area contributed by atoms with E-state index in [-0.39, 0.29) is 23.9 Å². The van der Waals surface area contributed by atoms with Crippen molar-refractivity contribution in [3.63, 3.8) is 0 Å². The van der Waals surface area contributed by atoms with E-state index in [0.29, 0.717) is 11.5 Å². The van der Waals surface area contributed by atoms with Crippen molar-refractivity contribution in [3.05, 3.63) is 54.1 Å². The molecule has 0 aliphatic carbocycles. The van der Waals surface area contributed by atoms with Crippen LogP contribution in [0.15, 0.2) is 53.4 Å². The number of sulfonamides is 1. The maximum Gasteiger partial charge on any atom is 0.243 e. The number of carbonyl (C=O) groups is 1. The molecular formula is C21H28N2O5S. The molecule has 0 unspecified atom stereocenters. The van der Waals surface area contributed by atoms with Crippen LogP contribution in [0, 0.1) is 0 Å². The van der Waals surface area contributed by atoms with Crippen LogP contribution in [0.2, 0.25) is 0 Å². The Morgan fingerprint density at radius 1 is 1.00 bits per heavy atom. The molecule has 1 amide bonds. The summed E-state index contributed by atoms with van der Waals surface area (Å²) in [6.45, 7) is 5.29. The molecule has 158 valence electrons. The van der Waals surface area contributed by atoms with Crippen LogP contribution in [0.1, 0.15) is 26.3 Å². The molecule has 2 rings (SSSR count). The Hall–Kier alpha value is -2.58. The number of rotatable bonds is 8. The first-order chi connectivity index (χ1) is 13.6. The number of ether oxygens (including phenoxy) is 2. The minimum absolute atomic E-state index is 0.0228. The monoisotopic (exact) mass is 420 g/mol. The maximum absolute atomic E-state index is 13.4. The van der Waals surface area contributed by atoms with Gasteiger partial charge in [0.2, 0.25) is 15.9 Å². The number of hydrogen-bond donors (Lipinski definition) is 1. The topological polar surface area (TPSA) is 84.9 Å². The van der Waals surface area contributed by atoms with Crippen molar-refractivity contribution >= 4 is 15.9 Å². The van der Waals surface area contributed by atoms with Crippen molar-refractivity contribution in [3.8, 4) is 11.5 Å². The van der Waals surface area contributed by atoms with Crippen molar-refractivity contribution in [1.82, 2.24) is 9.62 Å². The second-order valence-corrected chi connectivity index (χ2v) is 9.51. The predicted octanol–water partition coefficient (Wildman–Crippen LogP) is 2.81. The van der Waals surface area contributed by atoms with E-state index in [1.165, 1.54) is 32.4 Å². The Kier molecular flexibility index (Phi) is 7.26. The van der Waals surface area contributed by atoms with E-state index in [9.17, 15) is 13.2 Å². The molecule has 0 spiro atoms. The van der Waals surface area contributed by atoms with Crippen LogP contribution < -0.4 is 14.8 Å². The molecule has 0 saturated carbocycles. The van der Waals surface area contributed by atoms with Gasteiger partial charge in [0.1, 0.15) is 0 Å². The van der Waals surface area contributed by atoms with E-state index in [1.807, 2.05) is 51.1 Å². The first kappa shape index (κ1) is 22.7. The van der Waals surface area contributed by atoms with E-state index in [1.54, 1.807) is 0 Å². The quantitative estimate of drug-likeness (QED) is 0.710. The fourth-order valence-corrected chi connectivity index (χ4v) is 4.16. The zero-order valence-electron chi connectivity index (χ0n) is 17.4. The molecule has 0 bridgehead atoms. The van der Waals surface area contributed by atoms with Gasteiger partial charge in [-0.05, 0) is 38.5 Å². The van der Waals surface area contributed by atoms with Crippen LogP contribution in [0.4, 0.5) is 0 Å². The van der Waals surface area contributed by atoms with Gasteiger partial charge in [0.05, 0.1) is 25.7 Å². The third kappa shape index (κ3) is 6.20. The summed E-state index contributed by atoms with van der Waals surface area (Å²) in [5.41, 5.74) is 0.308. The lowest BCUT2D eigenvalue weighted by Gasteiger charge is -2.26. The van der Waals surface area contributed by atoms with Crippen molar-refractivity contribution in [2.24, 2.45) is 0 Å². The molecule has 0 atom stereocenters. The lowest BCUT2D eigenvalue weighted by Crippen LogP contribution is -2.47. The Morgan fingerprint density at radius 3 is 2.17 bits per heavy atom. The van der Waals surface area contributed by atoms with Crippen LogP contribution in [0.25, 0.3) is 0 Å². The summed E-state index contributed by atoms with van der Waals surface area (Å²) in [5.74, 6) is 0.344. The van der Waals surface area contributed by atoms with Gasteiger partial charge in [0.15, 0.2) is 11.5 Å². The highest BCUT2D eigenvalue weighted by Gasteiger charge is 2.29. The van der Waals surface area contributed by atoms with Crippen molar-refractivity contribution in [2.75, 3.05) is 20.8 Å². The normalized spacial score (nSPS) is 11.9. The summed E-state index contributed by atoms with van der Waals surface area (Å²) < 4.78 is 38.3. The summed E-state index contributed by atoms with van der Waals surface area (Å²) in [5, 5.41) is 2.81. The van der Waals surface area contributed by atoms with Gasteiger partial charge in [-0.15, -0.1) is 0 Å². The summed E-state index contributed by atoms with van der Waals surface area (Å²) in [7, 11) is -1.06. The summed E-state index contributed by atoms with van der Waals surface area (Å²) in [6.07, 6.45) is 0. The minimum Gasteiger partial charge on any atom is -0.493 e. The van der Waals surface area contributed by atoms with Gasteiger partial charge >= 0.3 is 0 Å². The molecule has 1 N–H and O–H groups in total. The molecule has 2 aromatic carbocycles. The summed E-state index contributed by atoms with van der Waals surface area (Å²) in [4.78, 5) is 12.5. The zero-order chi connectivity index (χ0) is 21.7. The average molecular weight is 421 g/mol. The van der Waals surface area contributed by atoms with Crippen molar-refractivity contribution in [2.45, 2.75) is 37.8 Å². The lowest BCUT2D eigenvalue weighted by atomic mass is 10.1. The number of nitrogens with one attached hydrogen (secondary N) is 1.